The van der Waals surface area contributed by atoms with Gasteiger partial charge in [0, 0.05) is 43.3 Å². The number of hydrogen-bond acceptors (Lipinski definition) is 4. The first kappa shape index (κ1) is 14.6. The second kappa shape index (κ2) is 6.64. The van der Waals surface area contributed by atoms with Crippen LogP contribution in [-0.4, -0.2) is 30.5 Å². The number of rotatable bonds is 4. The molecule has 0 unspecified atom stereocenters. The Hall–Kier alpha value is -2.30. The van der Waals surface area contributed by atoms with E-state index in [1.54, 1.807) is 6.26 Å². The van der Waals surface area contributed by atoms with Crippen LogP contribution in [0.25, 0.3) is 0 Å². The third-order valence-electron chi connectivity index (χ3n) is 4.26. The lowest BCUT2D eigenvalue weighted by Crippen LogP contribution is -2.38. The van der Waals surface area contributed by atoms with Gasteiger partial charge in [-0.05, 0) is 43.9 Å². The molecule has 1 amide bonds. The Morgan fingerprint density at radius 2 is 2.05 bits per heavy atom. The van der Waals surface area contributed by atoms with Gasteiger partial charge in [-0.3, -0.25) is 9.78 Å². The van der Waals surface area contributed by atoms with Crippen LogP contribution in [0.1, 0.15) is 29.0 Å². The summed E-state index contributed by atoms with van der Waals surface area (Å²) < 4.78 is 5.21. The van der Waals surface area contributed by atoms with Crippen molar-refractivity contribution in [3.05, 3.63) is 48.2 Å². The van der Waals surface area contributed by atoms with E-state index in [-0.39, 0.29) is 5.91 Å². The zero-order valence-corrected chi connectivity index (χ0v) is 12.8. The van der Waals surface area contributed by atoms with Gasteiger partial charge in [0.15, 0.2) is 5.76 Å². The number of amides is 1. The quantitative estimate of drug-likeness (QED) is 0.943. The lowest BCUT2D eigenvalue weighted by Gasteiger charge is -2.33. The van der Waals surface area contributed by atoms with Crippen LogP contribution in [0.5, 0.6) is 0 Å². The molecule has 2 aromatic rings. The zero-order chi connectivity index (χ0) is 15.4. The second-order valence-corrected chi connectivity index (χ2v) is 5.78. The fourth-order valence-electron chi connectivity index (χ4n) is 2.87. The number of hydrogen-bond donors (Lipinski definition) is 1. The Morgan fingerprint density at radius 3 is 2.68 bits per heavy atom. The fourth-order valence-corrected chi connectivity index (χ4v) is 2.87. The molecule has 22 heavy (non-hydrogen) atoms. The summed E-state index contributed by atoms with van der Waals surface area (Å²) in [4.78, 5) is 18.5. The van der Waals surface area contributed by atoms with Gasteiger partial charge in [-0.25, -0.2) is 0 Å². The Balaban J connectivity index is 1.46. The molecule has 5 nitrogen and oxygen atoms in total. The zero-order valence-electron chi connectivity index (χ0n) is 12.8. The minimum Gasteiger partial charge on any atom is -0.459 e. The van der Waals surface area contributed by atoms with E-state index in [0.29, 0.717) is 18.2 Å². The van der Waals surface area contributed by atoms with Gasteiger partial charge in [0.25, 0.3) is 5.91 Å². The van der Waals surface area contributed by atoms with E-state index in [1.807, 2.05) is 37.5 Å². The first-order chi connectivity index (χ1) is 10.7. The Bertz CT molecular complexity index is 616. The van der Waals surface area contributed by atoms with Gasteiger partial charge < -0.3 is 14.6 Å². The molecular formula is C17H21N3O2. The van der Waals surface area contributed by atoms with Gasteiger partial charge in [-0.1, -0.05) is 0 Å². The number of carbonyl (C=O) groups is 1. The van der Waals surface area contributed by atoms with Gasteiger partial charge in [-0.15, -0.1) is 0 Å². The molecule has 1 aliphatic heterocycles. The summed E-state index contributed by atoms with van der Waals surface area (Å²) >= 11 is 0. The molecule has 0 saturated carbocycles. The third kappa shape index (κ3) is 3.30. The van der Waals surface area contributed by atoms with Crippen LogP contribution in [-0.2, 0) is 0 Å². The predicted octanol–water partition coefficient (Wildman–Crippen LogP) is 2.63. The average Bonchev–Trinajstić information content (AvgIpc) is 3.00. The molecule has 2 aromatic heterocycles. The number of nitrogens with one attached hydrogen (secondary N) is 1. The summed E-state index contributed by atoms with van der Waals surface area (Å²) in [5.41, 5.74) is 2.11. The van der Waals surface area contributed by atoms with Crippen molar-refractivity contribution in [3.63, 3.8) is 0 Å². The van der Waals surface area contributed by atoms with Crippen molar-refractivity contribution in [1.82, 2.24) is 10.3 Å². The summed E-state index contributed by atoms with van der Waals surface area (Å²) in [6.07, 6.45) is 7.37. The number of piperidine rings is 1. The fraction of sp³-hybridized carbons (Fsp3) is 0.412. The van der Waals surface area contributed by atoms with E-state index in [4.69, 9.17) is 4.42 Å². The van der Waals surface area contributed by atoms with Gasteiger partial charge in [0.05, 0.1) is 6.26 Å². The molecule has 3 rings (SSSR count). The van der Waals surface area contributed by atoms with E-state index in [9.17, 15) is 4.79 Å². The number of carbonyl (C=O) groups excluding carboxylic acids is 1. The second-order valence-electron chi connectivity index (χ2n) is 5.78. The molecule has 1 N–H and O–H groups in total. The first-order valence-corrected chi connectivity index (χ1v) is 7.71. The normalized spacial score (nSPS) is 15.8. The van der Waals surface area contributed by atoms with E-state index in [0.717, 1.165) is 31.5 Å². The smallest absolute Gasteiger partial charge is 0.287 e. The molecule has 1 aliphatic rings. The molecule has 0 aromatic carbocycles. The number of nitrogens with zero attached hydrogens (tertiary/aromatic N) is 2. The van der Waals surface area contributed by atoms with Crippen LogP contribution in [0.3, 0.4) is 0 Å². The van der Waals surface area contributed by atoms with E-state index in [2.05, 4.69) is 15.2 Å². The van der Waals surface area contributed by atoms with E-state index >= 15 is 0 Å². The van der Waals surface area contributed by atoms with Gasteiger partial charge in [0.1, 0.15) is 0 Å². The highest BCUT2D eigenvalue weighted by Gasteiger charge is 2.21. The molecule has 3 heterocycles. The van der Waals surface area contributed by atoms with Crippen LogP contribution < -0.4 is 10.2 Å². The highest BCUT2D eigenvalue weighted by molar-refractivity contribution is 5.92. The topological polar surface area (TPSA) is 58.4 Å². The lowest BCUT2D eigenvalue weighted by atomic mass is 9.96. The molecule has 1 fully saturated rings. The number of aromatic nitrogens is 1. The maximum absolute atomic E-state index is 12.0. The molecular weight excluding hydrogens is 278 g/mol. The highest BCUT2D eigenvalue weighted by atomic mass is 16.3. The van der Waals surface area contributed by atoms with Crippen LogP contribution in [0.2, 0.25) is 0 Å². The SMILES string of the molecule is Cc1ccoc1C(=O)NCC1CCN(c2ccncc2)CC1. The standard InChI is InChI=1S/C17H21N3O2/c1-13-6-11-22-16(13)17(21)19-12-14-4-9-20(10-5-14)15-2-7-18-8-3-15/h2-3,6-8,11,14H,4-5,9-10,12H2,1H3,(H,19,21). The predicted molar refractivity (Wildman–Crippen MR) is 85.0 cm³/mol. The van der Waals surface area contributed by atoms with Crippen molar-refractivity contribution in [1.29, 1.82) is 0 Å². The molecule has 1 saturated heterocycles. The minimum atomic E-state index is -0.112. The Kier molecular flexibility index (Phi) is 4.42. The monoisotopic (exact) mass is 299 g/mol. The van der Waals surface area contributed by atoms with Crippen molar-refractivity contribution >= 4 is 11.6 Å². The van der Waals surface area contributed by atoms with Crippen LogP contribution >= 0.6 is 0 Å². The van der Waals surface area contributed by atoms with Crippen molar-refractivity contribution in [2.45, 2.75) is 19.8 Å². The Labute approximate surface area is 130 Å². The highest BCUT2D eigenvalue weighted by Crippen LogP contribution is 2.22. The maximum Gasteiger partial charge on any atom is 0.287 e. The first-order valence-electron chi connectivity index (χ1n) is 7.71. The Morgan fingerprint density at radius 1 is 1.32 bits per heavy atom. The molecule has 0 atom stereocenters. The molecule has 116 valence electrons. The van der Waals surface area contributed by atoms with Crippen LogP contribution in [0.15, 0.2) is 41.3 Å². The summed E-state index contributed by atoms with van der Waals surface area (Å²) in [6, 6.07) is 5.89. The van der Waals surface area contributed by atoms with E-state index < -0.39 is 0 Å². The largest absolute Gasteiger partial charge is 0.459 e. The molecule has 0 spiro atoms. The van der Waals surface area contributed by atoms with Gasteiger partial charge in [-0.2, -0.15) is 0 Å². The van der Waals surface area contributed by atoms with Crippen molar-refractivity contribution in [2.75, 3.05) is 24.5 Å². The minimum absolute atomic E-state index is 0.112. The van der Waals surface area contributed by atoms with Crippen LogP contribution in [0, 0.1) is 12.8 Å². The summed E-state index contributed by atoms with van der Waals surface area (Å²) in [7, 11) is 0. The molecule has 0 bridgehead atoms. The van der Waals surface area contributed by atoms with Crippen molar-refractivity contribution in [3.8, 4) is 0 Å². The summed E-state index contributed by atoms with van der Waals surface area (Å²) in [5.74, 6) is 0.839. The lowest BCUT2D eigenvalue weighted by molar-refractivity contribution is 0.0916. The number of furan rings is 1. The average molecular weight is 299 g/mol. The number of aryl methyl sites for hydroxylation is 1. The third-order valence-corrected chi connectivity index (χ3v) is 4.26. The number of pyridine rings is 1. The number of anilines is 1. The maximum atomic E-state index is 12.0. The van der Waals surface area contributed by atoms with E-state index in [1.165, 1.54) is 5.69 Å². The summed E-state index contributed by atoms with van der Waals surface area (Å²) in [5, 5.41) is 2.99. The molecule has 5 heteroatoms. The van der Waals surface area contributed by atoms with Crippen molar-refractivity contribution in [2.24, 2.45) is 5.92 Å². The molecule has 0 radical (unpaired) electrons. The van der Waals surface area contributed by atoms with Crippen LogP contribution in [0.4, 0.5) is 5.69 Å². The van der Waals surface area contributed by atoms with Gasteiger partial charge >= 0.3 is 0 Å². The molecule has 0 aliphatic carbocycles. The summed E-state index contributed by atoms with van der Waals surface area (Å²) in [6.45, 7) is 4.63. The van der Waals surface area contributed by atoms with Gasteiger partial charge in [0.2, 0.25) is 0 Å². The van der Waals surface area contributed by atoms with Crippen molar-refractivity contribution < 1.29 is 9.21 Å².